The number of aromatic nitrogens is 6. The van der Waals surface area contributed by atoms with Gasteiger partial charge in [0.15, 0.2) is 11.6 Å². The number of carboxylic acid groups (broad SMARTS) is 4. The number of anilines is 2. The molecule has 66 heavy (non-hydrogen) atoms. The number of nitrogens with two attached hydrogens (primary N) is 2. The first-order chi connectivity index (χ1) is 29.5. The number of fused-ring (bicyclic) bond motifs is 2. The van der Waals surface area contributed by atoms with Gasteiger partial charge in [0.2, 0.25) is 11.9 Å². The third kappa shape index (κ3) is 17.3. The van der Waals surface area contributed by atoms with Crippen LogP contribution in [-0.4, -0.2) is 65.3 Å². The van der Waals surface area contributed by atoms with Crippen LogP contribution < -0.4 is 161 Å². The molecule has 0 bridgehead atoms. The summed E-state index contributed by atoms with van der Waals surface area (Å²) in [6, 6.07) is 13.4. The molecule has 2 aromatic carbocycles. The first-order valence-corrected chi connectivity index (χ1v) is 19.3. The van der Waals surface area contributed by atoms with Crippen molar-refractivity contribution in [2.45, 2.75) is 64.2 Å². The second-order valence-corrected chi connectivity index (χ2v) is 14.5. The van der Waals surface area contributed by atoms with E-state index < -0.39 is 60.1 Å². The van der Waals surface area contributed by atoms with Gasteiger partial charge >= 0.3 is 118 Å². The number of Topliss-reactive ketones (excluding diaryl/α,β-unsaturated/α-hetero) is 2. The molecule has 8 N–H and O–H groups in total. The predicted octanol–water partition coefficient (Wildman–Crippen LogP) is -13.8. The zero-order valence-electron chi connectivity index (χ0n) is 36.9. The van der Waals surface area contributed by atoms with Crippen LogP contribution in [0.1, 0.15) is 81.5 Å². The Hall–Kier alpha value is -3.90. The molecule has 0 spiro atoms. The summed E-state index contributed by atoms with van der Waals surface area (Å²) in [6.45, 7) is 0. The molecule has 0 saturated heterocycles. The number of aromatic amines is 4. The number of hydrogen-bond donors (Lipinski definition) is 6. The number of benzene rings is 2. The number of hydrogen-bond acceptors (Lipinski definition) is 16. The molecule has 6 aromatic rings. The zero-order valence-corrected chi connectivity index (χ0v) is 44.9. The molecule has 0 unspecified atom stereocenters. The van der Waals surface area contributed by atoms with E-state index in [0.717, 1.165) is 22.3 Å². The smallest absolute Gasteiger partial charge is 0.550 e. The standard InChI is InChI=1S/2C21H22N4O6.4Na/c2*22-21-24-18-17(19(29)25-21)14(10-23-18)6-3-11-1-4-12(5-2-11)15(26)9-13(20(30)31)7-8-16(27)28;;;;/h2*1-2,4-5,10,13H,3,6-9H2,(H,27,28)(H,30,31)(H4,22,23,24,25,29);;;;/q;;4*+1/p-4/t2*13-;;;;/m11..../s1. The van der Waals surface area contributed by atoms with Crippen molar-refractivity contribution in [1.29, 1.82) is 0 Å². The summed E-state index contributed by atoms with van der Waals surface area (Å²) in [6.07, 6.45) is 3.66. The fraction of sp³-hybridized carbons (Fsp3) is 0.286. The van der Waals surface area contributed by atoms with Crippen LogP contribution >= 0.6 is 0 Å². The number of aryl methyl sites for hydroxylation is 4. The zero-order chi connectivity index (χ0) is 45.1. The monoisotopic (exact) mass is 940 g/mol. The average molecular weight is 941 g/mol. The number of ketones is 2. The molecule has 0 radical (unpaired) electrons. The minimum atomic E-state index is -1.46. The number of nitrogens with one attached hydrogen (secondary N) is 4. The van der Waals surface area contributed by atoms with Crippen molar-refractivity contribution in [1.82, 2.24) is 29.9 Å². The quantitative estimate of drug-likeness (QED) is 0.0306. The summed E-state index contributed by atoms with van der Waals surface area (Å²) in [7, 11) is 0. The molecule has 324 valence electrons. The normalized spacial score (nSPS) is 11.3. The number of H-pyrrole nitrogens is 4. The van der Waals surface area contributed by atoms with E-state index >= 15 is 0 Å². The first-order valence-electron chi connectivity index (χ1n) is 19.3. The molecule has 0 aliphatic heterocycles. The van der Waals surface area contributed by atoms with Crippen molar-refractivity contribution in [3.63, 3.8) is 0 Å². The van der Waals surface area contributed by atoms with Crippen LogP contribution in [0.5, 0.6) is 0 Å². The Kier molecular flexibility index (Phi) is 25.9. The van der Waals surface area contributed by atoms with Crippen molar-refractivity contribution in [3.05, 3.63) is 115 Å². The molecule has 0 fully saturated rings. The van der Waals surface area contributed by atoms with Gasteiger partial charge in [0.05, 0.1) is 10.8 Å². The van der Waals surface area contributed by atoms with Gasteiger partial charge in [0.1, 0.15) is 11.3 Å². The Morgan fingerprint density at radius 3 is 1.17 bits per heavy atom. The summed E-state index contributed by atoms with van der Waals surface area (Å²) in [5.74, 6) is -8.80. The van der Waals surface area contributed by atoms with E-state index in [0.29, 0.717) is 58.9 Å². The molecular formula is C42H40N8Na4O12. The van der Waals surface area contributed by atoms with Gasteiger partial charge in [-0.05, 0) is 73.6 Å². The van der Waals surface area contributed by atoms with Crippen LogP contribution in [-0.2, 0) is 44.9 Å². The average Bonchev–Trinajstić information content (AvgIpc) is 3.83. The van der Waals surface area contributed by atoms with E-state index in [1.165, 1.54) is 0 Å². The topological polar surface area (TPSA) is 370 Å². The molecule has 24 heteroatoms. The summed E-state index contributed by atoms with van der Waals surface area (Å²) in [5.41, 5.74) is 15.3. The van der Waals surface area contributed by atoms with Crippen LogP contribution in [0.25, 0.3) is 22.1 Å². The minimum Gasteiger partial charge on any atom is -0.550 e. The fourth-order valence-corrected chi connectivity index (χ4v) is 6.78. The maximum absolute atomic E-state index is 12.4. The van der Waals surface area contributed by atoms with E-state index in [4.69, 9.17) is 11.5 Å². The van der Waals surface area contributed by atoms with Crippen LogP contribution in [0.2, 0.25) is 0 Å². The summed E-state index contributed by atoms with van der Waals surface area (Å²) in [5, 5.41) is 44.3. The molecule has 0 amide bonds. The second kappa shape index (κ2) is 28.4. The van der Waals surface area contributed by atoms with Crippen molar-refractivity contribution >= 4 is 69.4 Å². The maximum Gasteiger partial charge on any atom is 1.00 e. The van der Waals surface area contributed by atoms with E-state index in [1.54, 1.807) is 60.9 Å². The number of carboxylic acids is 4. The largest absolute Gasteiger partial charge is 1.00 e. The molecular weight excluding hydrogens is 900 g/mol. The molecule has 4 aromatic heterocycles. The SMILES string of the molecule is Nc1nc2[nH]cc(CCc3ccc(C(=O)C[C@@H](CCC(=O)[O-])C(=O)[O-])cc3)c2c(=O)[nH]1.Nc1nc2[nH]cc(CCc3ccc(C(=O)C[C@@H](CCC(=O)[O-])C(=O)[O-])cc3)c2c(=O)[nH]1.[Na+].[Na+].[Na+].[Na+]. The number of nitrogen functional groups attached to an aromatic ring is 2. The number of aliphatic carboxylic acids is 4. The minimum absolute atomic E-state index is 0. The summed E-state index contributed by atoms with van der Waals surface area (Å²) in [4.78, 5) is 111. The van der Waals surface area contributed by atoms with Gasteiger partial charge in [-0.3, -0.25) is 29.1 Å². The Bertz CT molecular complexity index is 2570. The van der Waals surface area contributed by atoms with Crippen molar-refractivity contribution in [2.75, 3.05) is 11.5 Å². The molecule has 0 saturated carbocycles. The van der Waals surface area contributed by atoms with E-state index in [2.05, 4.69) is 29.9 Å². The molecule has 0 aliphatic carbocycles. The van der Waals surface area contributed by atoms with Crippen LogP contribution in [0, 0.1) is 11.8 Å². The third-order valence-corrected chi connectivity index (χ3v) is 10.1. The van der Waals surface area contributed by atoms with Crippen LogP contribution in [0.15, 0.2) is 70.5 Å². The van der Waals surface area contributed by atoms with E-state index in [9.17, 15) is 58.8 Å². The first kappa shape index (κ1) is 60.1. The molecule has 4 heterocycles. The Balaban J connectivity index is 0.000000622. The van der Waals surface area contributed by atoms with Gasteiger partial charge in [-0.15, -0.1) is 0 Å². The van der Waals surface area contributed by atoms with Crippen LogP contribution in [0.4, 0.5) is 11.9 Å². The number of rotatable bonds is 20. The fourth-order valence-electron chi connectivity index (χ4n) is 6.78. The molecule has 0 aliphatic rings. The molecule has 6 rings (SSSR count). The maximum atomic E-state index is 12.4. The van der Waals surface area contributed by atoms with Gasteiger partial charge in [-0.1, -0.05) is 48.5 Å². The van der Waals surface area contributed by atoms with Gasteiger partial charge in [0.25, 0.3) is 11.1 Å². The van der Waals surface area contributed by atoms with Gasteiger partial charge in [0, 0.05) is 72.1 Å². The summed E-state index contributed by atoms with van der Waals surface area (Å²) < 4.78 is 0. The Labute approximate surface area is 464 Å². The molecule has 20 nitrogen and oxygen atoms in total. The van der Waals surface area contributed by atoms with Crippen molar-refractivity contribution in [3.8, 4) is 0 Å². The van der Waals surface area contributed by atoms with E-state index in [-0.39, 0.29) is 167 Å². The number of carbonyl (C=O) groups is 6. The van der Waals surface area contributed by atoms with Crippen molar-refractivity contribution < 1.29 is 167 Å². The van der Waals surface area contributed by atoms with Gasteiger partial charge in [-0.25, -0.2) is 0 Å². The number of carbonyl (C=O) groups excluding carboxylic acids is 6. The predicted molar refractivity (Wildman–Crippen MR) is 213 cm³/mol. The van der Waals surface area contributed by atoms with E-state index in [1.807, 2.05) is 0 Å². The van der Waals surface area contributed by atoms with Gasteiger partial charge < -0.3 is 61.0 Å². The Morgan fingerprint density at radius 2 is 0.864 bits per heavy atom. The summed E-state index contributed by atoms with van der Waals surface area (Å²) >= 11 is 0. The van der Waals surface area contributed by atoms with Crippen LogP contribution in [0.3, 0.4) is 0 Å². The Morgan fingerprint density at radius 1 is 0.530 bits per heavy atom. The molecule has 2 atom stereocenters. The third-order valence-electron chi connectivity index (χ3n) is 10.1. The van der Waals surface area contributed by atoms with Crippen molar-refractivity contribution in [2.24, 2.45) is 11.8 Å². The van der Waals surface area contributed by atoms with Gasteiger partial charge in [-0.2, -0.15) is 9.97 Å². The number of nitrogens with zero attached hydrogens (tertiary/aromatic N) is 2. The second-order valence-electron chi connectivity index (χ2n) is 14.5.